The van der Waals surface area contributed by atoms with Crippen LogP contribution in [0.2, 0.25) is 0 Å². The molecular weight excluding hydrogens is 240 g/mol. The molecule has 0 fully saturated rings. The molecule has 108 valence electrons. The number of hydrogen-bond donors (Lipinski definition) is 4. The van der Waals surface area contributed by atoms with Gasteiger partial charge in [-0.3, -0.25) is 0 Å². The Morgan fingerprint density at radius 2 is 1.72 bits per heavy atom. The first kappa shape index (κ1) is 17.5. The fraction of sp³-hybridized carbons (Fsp3) is 0.833. The van der Waals surface area contributed by atoms with Crippen molar-refractivity contribution in [2.24, 2.45) is 0 Å². The highest BCUT2D eigenvalue weighted by atomic mass is 16.6. The van der Waals surface area contributed by atoms with E-state index >= 15 is 0 Å². The van der Waals surface area contributed by atoms with Gasteiger partial charge in [0.15, 0.2) is 6.29 Å². The van der Waals surface area contributed by atoms with E-state index < -0.39 is 25.1 Å². The number of hydrogen-bond acceptors (Lipinski definition) is 6. The van der Waals surface area contributed by atoms with Crippen LogP contribution in [0, 0.1) is 0 Å². The van der Waals surface area contributed by atoms with Crippen molar-refractivity contribution in [1.82, 2.24) is 0 Å². The Hall–Kier alpha value is -0.500. The minimum atomic E-state index is -1.49. The smallest absolute Gasteiger partial charge is 0.183 e. The molecule has 0 heterocycles. The zero-order valence-electron chi connectivity index (χ0n) is 10.6. The van der Waals surface area contributed by atoms with Gasteiger partial charge in [0.1, 0.15) is 12.2 Å². The van der Waals surface area contributed by atoms with Crippen LogP contribution < -0.4 is 0 Å². The molecule has 0 bridgehead atoms. The first-order chi connectivity index (χ1) is 8.63. The second kappa shape index (κ2) is 11.6. The second-order valence-corrected chi connectivity index (χ2v) is 3.93. The first-order valence-corrected chi connectivity index (χ1v) is 6.08. The zero-order chi connectivity index (χ0) is 13.8. The van der Waals surface area contributed by atoms with Gasteiger partial charge in [-0.2, -0.15) is 0 Å². The van der Waals surface area contributed by atoms with Crippen molar-refractivity contribution in [3.8, 4) is 0 Å². The Morgan fingerprint density at radius 1 is 1.06 bits per heavy atom. The van der Waals surface area contributed by atoms with Crippen LogP contribution in [0.5, 0.6) is 0 Å². The quantitative estimate of drug-likeness (QED) is 0.214. The maximum Gasteiger partial charge on any atom is 0.183 e. The van der Waals surface area contributed by atoms with Crippen molar-refractivity contribution in [2.75, 3.05) is 26.4 Å². The Morgan fingerprint density at radius 3 is 2.33 bits per heavy atom. The predicted molar refractivity (Wildman–Crippen MR) is 65.9 cm³/mol. The molecule has 4 N–H and O–H groups in total. The molecular formula is C12H24O6. The molecule has 0 aromatic carbocycles. The molecule has 1 unspecified atom stereocenters. The van der Waals surface area contributed by atoms with Gasteiger partial charge in [0.2, 0.25) is 0 Å². The van der Waals surface area contributed by atoms with Crippen molar-refractivity contribution in [1.29, 1.82) is 0 Å². The molecule has 0 saturated heterocycles. The zero-order valence-corrected chi connectivity index (χ0v) is 10.6. The van der Waals surface area contributed by atoms with E-state index in [-0.39, 0.29) is 6.61 Å². The summed E-state index contributed by atoms with van der Waals surface area (Å²) >= 11 is 0. The molecule has 6 nitrogen and oxygen atoms in total. The van der Waals surface area contributed by atoms with Crippen molar-refractivity contribution in [2.45, 2.75) is 37.8 Å². The maximum absolute atomic E-state index is 9.31. The van der Waals surface area contributed by atoms with Gasteiger partial charge < -0.3 is 29.9 Å². The summed E-state index contributed by atoms with van der Waals surface area (Å²) in [6.45, 7) is 4.38. The fourth-order valence-electron chi connectivity index (χ4n) is 1.25. The molecule has 0 aliphatic carbocycles. The number of aliphatic hydroxyl groups is 4. The number of ether oxygens (including phenoxy) is 2. The third kappa shape index (κ3) is 8.57. The van der Waals surface area contributed by atoms with Gasteiger partial charge in [-0.05, 0) is 19.3 Å². The summed E-state index contributed by atoms with van der Waals surface area (Å²) in [4.78, 5) is 0. The summed E-state index contributed by atoms with van der Waals surface area (Å²) in [5, 5.41) is 36.2. The van der Waals surface area contributed by atoms with Crippen molar-refractivity contribution >= 4 is 0 Å². The van der Waals surface area contributed by atoms with E-state index in [1.54, 1.807) is 6.08 Å². The molecule has 0 rings (SSSR count). The number of rotatable bonds is 12. The summed E-state index contributed by atoms with van der Waals surface area (Å²) in [6, 6.07) is 0. The normalized spacial score (nSPS) is 16.2. The lowest BCUT2D eigenvalue weighted by Crippen LogP contribution is -2.41. The van der Waals surface area contributed by atoms with Crippen LogP contribution in [0.3, 0.4) is 0 Å². The molecule has 0 aromatic rings. The van der Waals surface area contributed by atoms with Crippen LogP contribution in [0.4, 0.5) is 0 Å². The van der Waals surface area contributed by atoms with E-state index in [1.165, 1.54) is 0 Å². The van der Waals surface area contributed by atoms with Crippen LogP contribution in [0.25, 0.3) is 0 Å². The number of unbranched alkanes of at least 4 members (excludes halogenated alkanes) is 2. The van der Waals surface area contributed by atoms with E-state index in [9.17, 15) is 10.2 Å². The minimum Gasteiger partial charge on any atom is -0.394 e. The van der Waals surface area contributed by atoms with Gasteiger partial charge in [0.05, 0.1) is 13.2 Å². The predicted octanol–water partition coefficient (Wildman–Crippen LogP) is -0.592. The van der Waals surface area contributed by atoms with Crippen LogP contribution >= 0.6 is 0 Å². The standard InChI is InChI=1S/C12H24O6/c1-2-6-17-7-4-3-5-8-18-12(16)11(15)10(14)9-13/h2,10-16H,1,3-9H2/t10-,11+,12?/m1/s1. The topological polar surface area (TPSA) is 99.4 Å². The molecule has 0 radical (unpaired) electrons. The maximum atomic E-state index is 9.31. The highest BCUT2D eigenvalue weighted by Gasteiger charge is 2.24. The van der Waals surface area contributed by atoms with E-state index in [0.717, 1.165) is 19.3 Å². The van der Waals surface area contributed by atoms with E-state index in [2.05, 4.69) is 6.58 Å². The summed E-state index contributed by atoms with van der Waals surface area (Å²) in [5.41, 5.74) is 0. The Balaban J connectivity index is 3.40. The molecule has 0 amide bonds. The van der Waals surface area contributed by atoms with Crippen LogP contribution in [-0.2, 0) is 9.47 Å². The monoisotopic (exact) mass is 264 g/mol. The SMILES string of the molecule is C=CCOCCCCCOC(O)[C@@H](O)[C@H](O)CO. The lowest BCUT2D eigenvalue weighted by molar-refractivity contribution is -0.193. The van der Waals surface area contributed by atoms with E-state index in [1.807, 2.05) is 0 Å². The largest absolute Gasteiger partial charge is 0.394 e. The molecule has 0 aliphatic heterocycles. The third-order valence-corrected chi connectivity index (χ3v) is 2.33. The van der Waals surface area contributed by atoms with Crippen molar-refractivity contribution in [3.63, 3.8) is 0 Å². The van der Waals surface area contributed by atoms with E-state index in [4.69, 9.17) is 19.7 Å². The number of aliphatic hydroxyl groups excluding tert-OH is 4. The average Bonchev–Trinajstić information content (AvgIpc) is 2.39. The fourth-order valence-corrected chi connectivity index (χ4v) is 1.25. The van der Waals surface area contributed by atoms with E-state index in [0.29, 0.717) is 13.2 Å². The highest BCUT2D eigenvalue weighted by molar-refractivity contribution is 4.68. The van der Waals surface area contributed by atoms with Crippen LogP contribution in [0.1, 0.15) is 19.3 Å². The molecule has 6 heteroatoms. The molecule has 3 atom stereocenters. The first-order valence-electron chi connectivity index (χ1n) is 6.08. The molecule has 0 saturated carbocycles. The molecule has 0 spiro atoms. The molecule has 0 aliphatic rings. The Bertz CT molecular complexity index is 199. The van der Waals surface area contributed by atoms with Crippen molar-refractivity contribution < 1.29 is 29.9 Å². The lowest BCUT2D eigenvalue weighted by Gasteiger charge is -2.21. The van der Waals surface area contributed by atoms with Gasteiger partial charge in [-0.15, -0.1) is 6.58 Å². The summed E-state index contributed by atoms with van der Waals surface area (Å²) in [6.07, 6.45) is -0.205. The average molecular weight is 264 g/mol. The van der Waals surface area contributed by atoms with Gasteiger partial charge in [0, 0.05) is 13.2 Å². The van der Waals surface area contributed by atoms with Gasteiger partial charge >= 0.3 is 0 Å². The van der Waals surface area contributed by atoms with Gasteiger partial charge in [0.25, 0.3) is 0 Å². The second-order valence-electron chi connectivity index (χ2n) is 3.93. The van der Waals surface area contributed by atoms with Crippen LogP contribution in [0.15, 0.2) is 12.7 Å². The summed E-state index contributed by atoms with van der Waals surface area (Å²) in [5.74, 6) is 0. The van der Waals surface area contributed by atoms with Gasteiger partial charge in [-0.1, -0.05) is 6.08 Å². The lowest BCUT2D eigenvalue weighted by atomic mass is 10.2. The summed E-state index contributed by atoms with van der Waals surface area (Å²) < 4.78 is 10.1. The Kier molecular flexibility index (Phi) is 11.3. The molecule has 0 aromatic heterocycles. The minimum absolute atomic E-state index is 0.276. The molecule has 18 heavy (non-hydrogen) atoms. The summed E-state index contributed by atoms with van der Waals surface area (Å²) in [7, 11) is 0. The highest BCUT2D eigenvalue weighted by Crippen LogP contribution is 2.04. The van der Waals surface area contributed by atoms with Gasteiger partial charge in [-0.25, -0.2) is 0 Å². The van der Waals surface area contributed by atoms with Crippen molar-refractivity contribution in [3.05, 3.63) is 12.7 Å². The van der Waals surface area contributed by atoms with Crippen LogP contribution in [-0.4, -0.2) is 65.4 Å². The Labute approximate surface area is 107 Å². The third-order valence-electron chi connectivity index (χ3n) is 2.33.